The fraction of sp³-hybridized carbons (Fsp3) is 0.333. The first kappa shape index (κ1) is 14.3. The van der Waals surface area contributed by atoms with Gasteiger partial charge in [-0.3, -0.25) is 4.79 Å². The van der Waals surface area contributed by atoms with E-state index in [9.17, 15) is 17.1 Å². The summed E-state index contributed by atoms with van der Waals surface area (Å²) in [7, 11) is -3.13. The molecule has 1 aliphatic heterocycles. The molecule has 106 valence electrons. The molecule has 0 aliphatic carbocycles. The highest BCUT2D eigenvalue weighted by molar-refractivity contribution is 7.87. The summed E-state index contributed by atoms with van der Waals surface area (Å²) in [6, 6.07) is 6.59. The standard InChI is InChI=1S/C12H12FN3O3S/c1-15-10-3-2-8(6-14)4-11(10)16-7-9(5-12(16)17)20(13,18)19/h2-4,9,15H,5,7H2,1H3. The number of benzene rings is 1. The molecule has 1 aromatic rings. The largest absolute Gasteiger partial charge is 0.386 e. The first-order valence-corrected chi connectivity index (χ1v) is 7.27. The van der Waals surface area contributed by atoms with Crippen molar-refractivity contribution in [3.8, 4) is 6.07 Å². The SMILES string of the molecule is CNc1ccc(C#N)cc1N1CC(S(=O)(=O)F)CC1=O. The van der Waals surface area contributed by atoms with Gasteiger partial charge in [0.15, 0.2) is 0 Å². The zero-order chi connectivity index (χ0) is 14.9. The lowest BCUT2D eigenvalue weighted by Crippen LogP contribution is -2.27. The molecule has 1 fully saturated rings. The van der Waals surface area contributed by atoms with Crippen LogP contribution in [-0.2, 0) is 15.0 Å². The van der Waals surface area contributed by atoms with Gasteiger partial charge in [-0.05, 0) is 18.2 Å². The topological polar surface area (TPSA) is 90.3 Å². The molecule has 8 heteroatoms. The minimum atomic E-state index is -4.76. The van der Waals surface area contributed by atoms with E-state index in [0.29, 0.717) is 16.9 Å². The molecular weight excluding hydrogens is 285 g/mol. The summed E-state index contributed by atoms with van der Waals surface area (Å²) in [6.45, 7) is -0.249. The van der Waals surface area contributed by atoms with E-state index in [1.165, 1.54) is 11.0 Å². The van der Waals surface area contributed by atoms with E-state index in [-0.39, 0.29) is 6.54 Å². The molecule has 1 saturated heterocycles. The first-order valence-electron chi connectivity index (χ1n) is 5.82. The highest BCUT2D eigenvalue weighted by atomic mass is 32.3. The number of amides is 1. The monoisotopic (exact) mass is 297 g/mol. The quantitative estimate of drug-likeness (QED) is 0.841. The van der Waals surface area contributed by atoms with Gasteiger partial charge in [0.05, 0.1) is 23.0 Å². The summed E-state index contributed by atoms with van der Waals surface area (Å²) >= 11 is 0. The highest BCUT2D eigenvalue weighted by Gasteiger charge is 2.39. The van der Waals surface area contributed by atoms with Crippen molar-refractivity contribution in [1.29, 1.82) is 5.26 Å². The van der Waals surface area contributed by atoms with Gasteiger partial charge < -0.3 is 10.2 Å². The van der Waals surface area contributed by atoms with Crippen molar-refractivity contribution in [3.63, 3.8) is 0 Å². The molecule has 1 atom stereocenters. The van der Waals surface area contributed by atoms with Crippen LogP contribution < -0.4 is 10.2 Å². The van der Waals surface area contributed by atoms with Crippen LogP contribution in [0.2, 0.25) is 0 Å². The zero-order valence-electron chi connectivity index (χ0n) is 10.6. The third kappa shape index (κ3) is 2.58. The third-order valence-corrected chi connectivity index (χ3v) is 4.29. The van der Waals surface area contributed by atoms with Gasteiger partial charge in [0.25, 0.3) is 0 Å². The van der Waals surface area contributed by atoms with Crippen LogP contribution in [0.1, 0.15) is 12.0 Å². The Balaban J connectivity index is 2.42. The number of hydrogen-bond acceptors (Lipinski definition) is 5. The maximum Gasteiger partial charge on any atom is 0.307 e. The lowest BCUT2D eigenvalue weighted by molar-refractivity contribution is -0.117. The van der Waals surface area contributed by atoms with Gasteiger partial charge in [-0.25, -0.2) is 0 Å². The Kier molecular flexibility index (Phi) is 3.63. The maximum atomic E-state index is 13.0. The van der Waals surface area contributed by atoms with Crippen LogP contribution in [0, 0.1) is 11.3 Å². The van der Waals surface area contributed by atoms with Crippen molar-refractivity contribution in [3.05, 3.63) is 23.8 Å². The van der Waals surface area contributed by atoms with E-state index in [0.717, 1.165) is 0 Å². The van der Waals surface area contributed by atoms with Gasteiger partial charge in [0, 0.05) is 20.0 Å². The van der Waals surface area contributed by atoms with E-state index >= 15 is 0 Å². The van der Waals surface area contributed by atoms with Crippen LogP contribution in [-0.4, -0.2) is 33.2 Å². The maximum absolute atomic E-state index is 13.0. The van der Waals surface area contributed by atoms with E-state index in [4.69, 9.17) is 5.26 Å². The Morgan fingerprint density at radius 3 is 2.70 bits per heavy atom. The van der Waals surface area contributed by atoms with E-state index in [1.54, 1.807) is 19.2 Å². The van der Waals surface area contributed by atoms with Gasteiger partial charge in [-0.15, -0.1) is 3.89 Å². The Hall–Kier alpha value is -2.14. The van der Waals surface area contributed by atoms with Crippen LogP contribution in [0.15, 0.2) is 18.2 Å². The first-order chi connectivity index (χ1) is 9.36. The number of anilines is 2. The molecule has 20 heavy (non-hydrogen) atoms. The lowest BCUT2D eigenvalue weighted by Gasteiger charge is -2.20. The summed E-state index contributed by atoms with van der Waals surface area (Å²) in [5.41, 5.74) is 1.27. The smallest absolute Gasteiger partial charge is 0.307 e. The number of halogens is 1. The highest BCUT2D eigenvalue weighted by Crippen LogP contribution is 2.32. The molecule has 0 spiro atoms. The van der Waals surface area contributed by atoms with E-state index in [2.05, 4.69) is 5.32 Å². The van der Waals surface area contributed by atoms with Crippen LogP contribution in [0.25, 0.3) is 0 Å². The lowest BCUT2D eigenvalue weighted by atomic mass is 10.1. The molecule has 0 bridgehead atoms. The number of carbonyl (C=O) groups is 1. The number of carbonyl (C=O) groups excluding carboxylic acids is 1. The van der Waals surface area contributed by atoms with Crippen LogP contribution in [0.5, 0.6) is 0 Å². The molecular formula is C12H12FN3O3S. The molecule has 0 aromatic heterocycles. The second-order valence-electron chi connectivity index (χ2n) is 4.40. The fourth-order valence-corrected chi connectivity index (χ4v) is 2.80. The van der Waals surface area contributed by atoms with Gasteiger partial charge in [-0.2, -0.15) is 13.7 Å². The molecule has 1 aliphatic rings. The Bertz CT molecular complexity index is 696. The summed E-state index contributed by atoms with van der Waals surface area (Å²) < 4.78 is 34.8. The number of rotatable bonds is 3. The molecule has 1 N–H and O–H groups in total. The number of nitrogens with one attached hydrogen (secondary N) is 1. The zero-order valence-corrected chi connectivity index (χ0v) is 11.4. The predicted molar refractivity (Wildman–Crippen MR) is 71.5 cm³/mol. The third-order valence-electron chi connectivity index (χ3n) is 3.17. The number of nitrogens with zero attached hydrogens (tertiary/aromatic N) is 2. The Labute approximate surface area is 116 Å². The molecule has 1 heterocycles. The van der Waals surface area contributed by atoms with Gasteiger partial charge >= 0.3 is 10.2 Å². The second kappa shape index (κ2) is 5.09. The molecule has 2 rings (SSSR count). The van der Waals surface area contributed by atoms with Crippen molar-refractivity contribution in [2.45, 2.75) is 11.7 Å². The van der Waals surface area contributed by atoms with E-state index < -0.39 is 27.8 Å². The van der Waals surface area contributed by atoms with Crippen molar-refractivity contribution in [1.82, 2.24) is 0 Å². The van der Waals surface area contributed by atoms with Crippen LogP contribution in [0.4, 0.5) is 15.3 Å². The second-order valence-corrected chi connectivity index (χ2v) is 6.02. The number of nitriles is 1. The van der Waals surface area contributed by atoms with Gasteiger partial charge in [0.2, 0.25) is 5.91 Å². The number of hydrogen-bond donors (Lipinski definition) is 1. The van der Waals surface area contributed by atoms with Crippen molar-refractivity contribution in [2.75, 3.05) is 23.8 Å². The van der Waals surface area contributed by atoms with Crippen molar-refractivity contribution < 1.29 is 17.1 Å². The molecule has 1 unspecified atom stereocenters. The Morgan fingerprint density at radius 2 is 2.20 bits per heavy atom. The minimum absolute atomic E-state index is 0.249. The van der Waals surface area contributed by atoms with Crippen molar-refractivity contribution in [2.24, 2.45) is 0 Å². The molecule has 0 saturated carbocycles. The predicted octanol–water partition coefficient (Wildman–Crippen LogP) is 1.00. The average Bonchev–Trinajstić information content (AvgIpc) is 2.80. The molecule has 1 amide bonds. The summed E-state index contributed by atoms with van der Waals surface area (Å²) in [5.74, 6) is -0.484. The average molecular weight is 297 g/mol. The van der Waals surface area contributed by atoms with E-state index in [1.807, 2.05) is 6.07 Å². The minimum Gasteiger partial charge on any atom is -0.386 e. The molecule has 6 nitrogen and oxygen atoms in total. The van der Waals surface area contributed by atoms with Crippen molar-refractivity contribution >= 4 is 27.5 Å². The fourth-order valence-electron chi connectivity index (χ4n) is 2.13. The summed E-state index contributed by atoms with van der Waals surface area (Å²) in [4.78, 5) is 13.1. The molecule has 1 aromatic carbocycles. The van der Waals surface area contributed by atoms with Gasteiger partial charge in [-0.1, -0.05) is 0 Å². The Morgan fingerprint density at radius 1 is 1.50 bits per heavy atom. The van der Waals surface area contributed by atoms with Gasteiger partial charge in [0.1, 0.15) is 5.25 Å². The normalized spacial score (nSPS) is 18.9. The summed E-state index contributed by atoms with van der Waals surface area (Å²) in [6.07, 6.45) is -0.390. The summed E-state index contributed by atoms with van der Waals surface area (Å²) in [5, 5.41) is 10.4. The van der Waals surface area contributed by atoms with Crippen LogP contribution >= 0.6 is 0 Å². The van der Waals surface area contributed by atoms with Crippen LogP contribution in [0.3, 0.4) is 0 Å². The molecule has 0 radical (unpaired) electrons.